The van der Waals surface area contributed by atoms with Gasteiger partial charge in [0.05, 0.1) is 5.56 Å². The maximum atomic E-state index is 13.8. The third-order valence-corrected chi connectivity index (χ3v) is 3.22. The summed E-state index contributed by atoms with van der Waals surface area (Å²) in [6, 6.07) is 4.13. The number of fused-ring (bicyclic) bond motifs is 1. The number of alkyl halides is 3. The van der Waals surface area contributed by atoms with Crippen molar-refractivity contribution in [3.63, 3.8) is 0 Å². The van der Waals surface area contributed by atoms with Crippen LogP contribution in [0.1, 0.15) is 16.8 Å². The third kappa shape index (κ3) is 3.08. The van der Waals surface area contributed by atoms with Gasteiger partial charge >= 0.3 is 6.18 Å². The van der Waals surface area contributed by atoms with Gasteiger partial charge in [0.1, 0.15) is 18.0 Å². The predicted octanol–water partition coefficient (Wildman–Crippen LogP) is 3.20. The number of aromatic nitrogens is 4. The molecule has 9 heteroatoms. The van der Waals surface area contributed by atoms with Crippen molar-refractivity contribution in [2.45, 2.75) is 19.6 Å². The minimum Gasteiger partial charge on any atom is -0.366 e. The number of halogens is 4. The van der Waals surface area contributed by atoms with Gasteiger partial charge in [0.25, 0.3) is 5.78 Å². The van der Waals surface area contributed by atoms with Crippen molar-refractivity contribution < 1.29 is 17.6 Å². The Morgan fingerprint density at radius 1 is 1.22 bits per heavy atom. The Bertz CT molecular complexity index is 856. The standard InChI is InChI=1S/C14H11F4N5/c1-8-4-12(23-13(22-8)20-7-21-23)19-6-9-2-3-10(5-11(9)15)14(16,17)18/h2-5,7,19H,6H2,1H3. The molecule has 3 aromatic rings. The topological polar surface area (TPSA) is 55.1 Å². The van der Waals surface area contributed by atoms with Crippen LogP contribution in [0, 0.1) is 12.7 Å². The fourth-order valence-corrected chi connectivity index (χ4v) is 2.11. The SMILES string of the molecule is Cc1cc(NCc2ccc(C(F)(F)F)cc2F)n2ncnc2n1. The van der Waals surface area contributed by atoms with Crippen molar-refractivity contribution in [1.29, 1.82) is 0 Å². The van der Waals surface area contributed by atoms with Crippen LogP contribution in [0.5, 0.6) is 0 Å². The minimum atomic E-state index is -4.57. The first-order chi connectivity index (χ1) is 10.8. The van der Waals surface area contributed by atoms with E-state index >= 15 is 0 Å². The second-order valence-electron chi connectivity index (χ2n) is 4.91. The Hall–Kier alpha value is -2.71. The largest absolute Gasteiger partial charge is 0.416 e. The summed E-state index contributed by atoms with van der Waals surface area (Å²) < 4.78 is 52.8. The first-order valence-electron chi connectivity index (χ1n) is 6.61. The van der Waals surface area contributed by atoms with Crippen molar-refractivity contribution in [2.75, 3.05) is 5.32 Å². The van der Waals surface area contributed by atoms with Crippen molar-refractivity contribution in [3.05, 3.63) is 53.2 Å². The monoisotopic (exact) mass is 325 g/mol. The number of anilines is 1. The lowest BCUT2D eigenvalue weighted by Gasteiger charge is -2.11. The molecule has 1 N–H and O–H groups in total. The molecule has 0 spiro atoms. The molecule has 2 heterocycles. The molecular formula is C14H11F4N5. The van der Waals surface area contributed by atoms with E-state index in [0.29, 0.717) is 23.4 Å². The molecule has 0 saturated heterocycles. The molecule has 0 radical (unpaired) electrons. The molecule has 2 aromatic heterocycles. The Balaban J connectivity index is 1.84. The molecule has 0 amide bonds. The third-order valence-electron chi connectivity index (χ3n) is 3.22. The van der Waals surface area contributed by atoms with Crippen molar-refractivity contribution in [2.24, 2.45) is 0 Å². The van der Waals surface area contributed by atoms with Gasteiger partial charge in [-0.2, -0.15) is 27.8 Å². The maximum Gasteiger partial charge on any atom is 0.416 e. The molecule has 0 atom stereocenters. The summed E-state index contributed by atoms with van der Waals surface area (Å²) in [5, 5.41) is 6.91. The number of rotatable bonds is 3. The average Bonchev–Trinajstić information content (AvgIpc) is 2.92. The van der Waals surface area contributed by atoms with Gasteiger partial charge in [-0.25, -0.2) is 9.37 Å². The summed E-state index contributed by atoms with van der Waals surface area (Å²) in [5.74, 6) is -0.0300. The van der Waals surface area contributed by atoms with Crippen molar-refractivity contribution in [1.82, 2.24) is 19.6 Å². The zero-order chi connectivity index (χ0) is 16.6. The molecular weight excluding hydrogens is 314 g/mol. The fourth-order valence-electron chi connectivity index (χ4n) is 2.11. The van der Waals surface area contributed by atoms with Crippen LogP contribution in [-0.4, -0.2) is 19.6 Å². The maximum absolute atomic E-state index is 13.8. The van der Waals surface area contributed by atoms with Crippen LogP contribution in [0.3, 0.4) is 0 Å². The second kappa shape index (κ2) is 5.49. The first-order valence-corrected chi connectivity index (χ1v) is 6.61. The lowest BCUT2D eigenvalue weighted by Crippen LogP contribution is -2.10. The van der Waals surface area contributed by atoms with Gasteiger partial charge in [-0.05, 0) is 19.1 Å². The highest BCUT2D eigenvalue weighted by Gasteiger charge is 2.31. The molecule has 0 fully saturated rings. The van der Waals surface area contributed by atoms with Crippen molar-refractivity contribution in [3.8, 4) is 0 Å². The zero-order valence-corrected chi connectivity index (χ0v) is 11.9. The van der Waals surface area contributed by atoms with Gasteiger partial charge in [-0.3, -0.25) is 0 Å². The van der Waals surface area contributed by atoms with Gasteiger partial charge in [0.15, 0.2) is 0 Å². The smallest absolute Gasteiger partial charge is 0.366 e. The lowest BCUT2D eigenvalue weighted by molar-refractivity contribution is -0.137. The molecule has 0 bridgehead atoms. The van der Waals surface area contributed by atoms with Gasteiger partial charge in [0.2, 0.25) is 0 Å². The first kappa shape index (κ1) is 15.2. The molecule has 3 rings (SSSR count). The molecule has 0 saturated carbocycles. The van der Waals surface area contributed by atoms with Crippen LogP contribution in [0.4, 0.5) is 23.4 Å². The van der Waals surface area contributed by atoms with Crippen molar-refractivity contribution >= 4 is 11.6 Å². The quantitative estimate of drug-likeness (QED) is 0.751. The molecule has 23 heavy (non-hydrogen) atoms. The Labute approximate surface area is 128 Å². The van der Waals surface area contributed by atoms with Crippen LogP contribution in [0.15, 0.2) is 30.6 Å². The van der Waals surface area contributed by atoms with Gasteiger partial charge in [-0.1, -0.05) is 6.07 Å². The van der Waals surface area contributed by atoms with Crippen LogP contribution in [0.2, 0.25) is 0 Å². The average molecular weight is 325 g/mol. The normalized spacial score (nSPS) is 11.9. The summed E-state index contributed by atoms with van der Waals surface area (Å²) in [6.07, 6.45) is -3.24. The number of benzene rings is 1. The number of hydrogen-bond acceptors (Lipinski definition) is 4. The second-order valence-corrected chi connectivity index (χ2v) is 4.91. The number of nitrogens with one attached hydrogen (secondary N) is 1. The lowest BCUT2D eigenvalue weighted by atomic mass is 10.1. The van der Waals surface area contributed by atoms with Crippen LogP contribution in [-0.2, 0) is 12.7 Å². The summed E-state index contributed by atoms with van der Waals surface area (Å²) in [5.41, 5.74) is -0.223. The summed E-state index contributed by atoms with van der Waals surface area (Å²) in [6.45, 7) is 1.76. The molecule has 0 aliphatic rings. The molecule has 1 aromatic carbocycles. The van der Waals surface area contributed by atoms with Crippen LogP contribution in [0.25, 0.3) is 5.78 Å². The molecule has 0 aliphatic heterocycles. The van der Waals surface area contributed by atoms with E-state index in [1.807, 2.05) is 0 Å². The van der Waals surface area contributed by atoms with E-state index in [-0.39, 0.29) is 12.1 Å². The van der Waals surface area contributed by atoms with E-state index in [4.69, 9.17) is 0 Å². The molecule has 0 aliphatic carbocycles. The fraction of sp³-hybridized carbons (Fsp3) is 0.214. The summed E-state index contributed by atoms with van der Waals surface area (Å²) in [7, 11) is 0. The van der Waals surface area contributed by atoms with Gasteiger partial charge < -0.3 is 5.32 Å². The minimum absolute atomic E-state index is 0.00236. The number of aryl methyl sites for hydroxylation is 1. The highest BCUT2D eigenvalue weighted by molar-refractivity contribution is 5.45. The highest BCUT2D eigenvalue weighted by atomic mass is 19.4. The molecule has 5 nitrogen and oxygen atoms in total. The van der Waals surface area contributed by atoms with E-state index in [2.05, 4.69) is 20.4 Å². The van der Waals surface area contributed by atoms with E-state index in [9.17, 15) is 17.6 Å². The van der Waals surface area contributed by atoms with Gasteiger partial charge in [-0.15, -0.1) is 0 Å². The predicted molar refractivity (Wildman–Crippen MR) is 74.2 cm³/mol. The zero-order valence-electron chi connectivity index (χ0n) is 11.9. The Morgan fingerprint density at radius 2 is 2.00 bits per heavy atom. The van der Waals surface area contributed by atoms with E-state index in [0.717, 1.165) is 12.1 Å². The number of hydrogen-bond donors (Lipinski definition) is 1. The molecule has 120 valence electrons. The van der Waals surface area contributed by atoms with Crippen LogP contribution >= 0.6 is 0 Å². The van der Waals surface area contributed by atoms with E-state index < -0.39 is 17.6 Å². The molecule has 0 unspecified atom stereocenters. The summed E-state index contributed by atoms with van der Waals surface area (Å²) in [4.78, 5) is 8.11. The number of nitrogens with zero attached hydrogens (tertiary/aromatic N) is 4. The highest BCUT2D eigenvalue weighted by Crippen LogP contribution is 2.30. The summed E-state index contributed by atoms with van der Waals surface area (Å²) >= 11 is 0. The van der Waals surface area contributed by atoms with E-state index in [1.54, 1.807) is 13.0 Å². The van der Waals surface area contributed by atoms with Crippen LogP contribution < -0.4 is 5.32 Å². The Kier molecular flexibility index (Phi) is 3.63. The van der Waals surface area contributed by atoms with E-state index in [1.165, 1.54) is 10.8 Å². The van der Waals surface area contributed by atoms with Gasteiger partial charge in [0, 0.05) is 23.9 Å². The Morgan fingerprint density at radius 3 is 2.70 bits per heavy atom.